The van der Waals surface area contributed by atoms with Crippen molar-refractivity contribution in [2.24, 2.45) is 0 Å². The van der Waals surface area contributed by atoms with Crippen molar-refractivity contribution in [3.8, 4) is 0 Å². The topological polar surface area (TPSA) is 40.1 Å². The minimum absolute atomic E-state index is 0.116. The van der Waals surface area contributed by atoms with E-state index in [1.54, 1.807) is 7.05 Å². The third kappa shape index (κ3) is 1.50. The van der Waals surface area contributed by atoms with Crippen molar-refractivity contribution in [2.45, 2.75) is 18.9 Å². The average Bonchev–Trinajstić information content (AvgIpc) is 2.41. The van der Waals surface area contributed by atoms with Crippen LogP contribution < -0.4 is 0 Å². The molecule has 0 bridgehead atoms. The fraction of sp³-hybridized carbons (Fsp3) is 0.833. The van der Waals surface area contributed by atoms with Crippen LogP contribution in [0.25, 0.3) is 0 Å². The van der Waals surface area contributed by atoms with Crippen LogP contribution in [0.2, 0.25) is 0 Å². The minimum Gasteiger partial charge on any atom is -0.632 e. The van der Waals surface area contributed by atoms with Gasteiger partial charge in [0.15, 0.2) is 6.29 Å². The number of carbonyl (C=O) groups is 1. The van der Waals surface area contributed by atoms with Crippen molar-refractivity contribution in [1.82, 2.24) is 0 Å². The molecule has 0 amide bonds. The van der Waals surface area contributed by atoms with Crippen LogP contribution in [0.15, 0.2) is 0 Å². The van der Waals surface area contributed by atoms with Crippen LogP contribution in [0.4, 0.5) is 0 Å². The molecule has 9 heavy (non-hydrogen) atoms. The summed E-state index contributed by atoms with van der Waals surface area (Å²) in [6.07, 6.45) is 2.69. The summed E-state index contributed by atoms with van der Waals surface area (Å²) in [5.41, 5.74) is 0. The van der Waals surface area contributed by atoms with Crippen molar-refractivity contribution in [2.75, 3.05) is 13.6 Å². The van der Waals surface area contributed by atoms with Crippen LogP contribution in [0.3, 0.4) is 0 Å². The zero-order valence-corrected chi connectivity index (χ0v) is 5.54. The number of hydroxylamine groups is 3. The van der Waals surface area contributed by atoms with Gasteiger partial charge in [-0.25, -0.2) is 0 Å². The predicted octanol–water partition coefficient (Wildman–Crippen LogP) is 0.292. The average molecular weight is 129 g/mol. The van der Waals surface area contributed by atoms with E-state index in [4.69, 9.17) is 0 Å². The van der Waals surface area contributed by atoms with Crippen molar-refractivity contribution in [3.05, 3.63) is 5.21 Å². The lowest BCUT2D eigenvalue weighted by molar-refractivity contribution is -0.862. The zero-order valence-electron chi connectivity index (χ0n) is 5.54. The highest BCUT2D eigenvalue weighted by atomic mass is 16.5. The number of carbonyl (C=O) groups excluding carboxylic acids is 1. The summed E-state index contributed by atoms with van der Waals surface area (Å²) in [5, 5.41) is 11.2. The largest absolute Gasteiger partial charge is 0.632 e. The Balaban J connectivity index is 2.38. The van der Waals surface area contributed by atoms with Gasteiger partial charge in [0, 0.05) is 12.8 Å². The van der Waals surface area contributed by atoms with Crippen molar-refractivity contribution in [1.29, 1.82) is 0 Å². The van der Waals surface area contributed by atoms with Crippen LogP contribution in [-0.4, -0.2) is 30.6 Å². The first-order valence-corrected chi connectivity index (χ1v) is 3.16. The van der Waals surface area contributed by atoms with Gasteiger partial charge in [-0.1, -0.05) is 0 Å². The standard InChI is InChI=1S/C6H11NO2/c1-7(9,4-5-8)6-2-3-6/h5-6H,2-4H2,1H3. The van der Waals surface area contributed by atoms with E-state index >= 15 is 0 Å². The van der Waals surface area contributed by atoms with Gasteiger partial charge in [0.1, 0.15) is 6.54 Å². The fourth-order valence-electron chi connectivity index (χ4n) is 0.918. The Bertz CT molecular complexity index is 118. The molecule has 1 rings (SSSR count). The Hall–Kier alpha value is -0.410. The summed E-state index contributed by atoms with van der Waals surface area (Å²) >= 11 is 0. The normalized spacial score (nSPS) is 25.1. The molecule has 1 aliphatic carbocycles. The lowest BCUT2D eigenvalue weighted by atomic mass is 10.5. The Labute approximate surface area is 54.4 Å². The maximum atomic E-state index is 11.2. The highest BCUT2D eigenvalue weighted by Crippen LogP contribution is 2.30. The van der Waals surface area contributed by atoms with Gasteiger partial charge in [-0.15, -0.1) is 0 Å². The summed E-state index contributed by atoms with van der Waals surface area (Å²) in [5.74, 6) is 0. The van der Waals surface area contributed by atoms with Gasteiger partial charge in [-0.2, -0.15) is 0 Å². The van der Waals surface area contributed by atoms with Crippen LogP contribution in [0.5, 0.6) is 0 Å². The molecule has 1 atom stereocenters. The number of hydrogen-bond donors (Lipinski definition) is 0. The first kappa shape index (κ1) is 6.71. The van der Waals surface area contributed by atoms with E-state index in [2.05, 4.69) is 0 Å². The van der Waals surface area contributed by atoms with E-state index in [0.29, 0.717) is 6.29 Å². The predicted molar refractivity (Wildman–Crippen MR) is 33.5 cm³/mol. The Morgan fingerprint density at radius 2 is 2.33 bits per heavy atom. The third-order valence-corrected chi connectivity index (χ3v) is 1.76. The molecule has 0 aliphatic heterocycles. The molecule has 1 unspecified atom stereocenters. The van der Waals surface area contributed by atoms with Crippen LogP contribution in [0, 0.1) is 5.21 Å². The molecule has 0 spiro atoms. The number of hydrogen-bond acceptors (Lipinski definition) is 2. The molecule has 1 saturated carbocycles. The smallest absolute Gasteiger partial charge is 0.174 e. The van der Waals surface area contributed by atoms with E-state index in [-0.39, 0.29) is 17.2 Å². The SMILES string of the molecule is C[N+]([O-])(CC=O)C1CC1. The second kappa shape index (κ2) is 2.08. The monoisotopic (exact) mass is 129 g/mol. The van der Waals surface area contributed by atoms with E-state index in [9.17, 15) is 10.0 Å². The molecule has 0 heterocycles. The number of likely N-dealkylation sites (N-methyl/N-ethyl adjacent to an activating group) is 1. The van der Waals surface area contributed by atoms with Gasteiger partial charge in [0.25, 0.3) is 0 Å². The molecule has 3 nitrogen and oxygen atoms in total. The highest BCUT2D eigenvalue weighted by Gasteiger charge is 2.34. The first-order valence-electron chi connectivity index (χ1n) is 3.16. The quantitative estimate of drug-likeness (QED) is 0.312. The van der Waals surface area contributed by atoms with E-state index in [0.717, 1.165) is 12.8 Å². The fourth-order valence-corrected chi connectivity index (χ4v) is 0.918. The van der Waals surface area contributed by atoms with Gasteiger partial charge in [-0.05, 0) is 0 Å². The van der Waals surface area contributed by atoms with Gasteiger partial charge < -0.3 is 9.85 Å². The lowest BCUT2D eigenvalue weighted by Crippen LogP contribution is -2.41. The van der Waals surface area contributed by atoms with Crippen LogP contribution >= 0.6 is 0 Å². The molecule has 1 fully saturated rings. The summed E-state index contributed by atoms with van der Waals surface area (Å²) in [6.45, 7) is 0.116. The number of quaternary nitrogens is 1. The summed E-state index contributed by atoms with van der Waals surface area (Å²) < 4.78 is -0.358. The Morgan fingerprint density at radius 3 is 2.67 bits per heavy atom. The van der Waals surface area contributed by atoms with Crippen LogP contribution in [-0.2, 0) is 4.79 Å². The lowest BCUT2D eigenvalue weighted by Gasteiger charge is -2.36. The molecular weight excluding hydrogens is 118 g/mol. The second-order valence-corrected chi connectivity index (χ2v) is 2.75. The maximum Gasteiger partial charge on any atom is 0.174 e. The molecule has 0 aromatic heterocycles. The summed E-state index contributed by atoms with van der Waals surface area (Å²) in [7, 11) is 1.56. The summed E-state index contributed by atoms with van der Waals surface area (Å²) in [4.78, 5) is 9.94. The Morgan fingerprint density at radius 1 is 1.78 bits per heavy atom. The first-order chi connectivity index (χ1) is 4.17. The second-order valence-electron chi connectivity index (χ2n) is 2.75. The zero-order chi connectivity index (χ0) is 6.91. The van der Waals surface area contributed by atoms with Gasteiger partial charge in [0.05, 0.1) is 13.1 Å². The van der Waals surface area contributed by atoms with Crippen molar-refractivity contribution in [3.63, 3.8) is 0 Å². The van der Waals surface area contributed by atoms with Crippen LogP contribution in [0.1, 0.15) is 12.8 Å². The van der Waals surface area contributed by atoms with E-state index < -0.39 is 0 Å². The molecule has 0 saturated heterocycles. The molecule has 52 valence electrons. The maximum absolute atomic E-state index is 11.2. The third-order valence-electron chi connectivity index (χ3n) is 1.76. The molecular formula is C6H11NO2. The number of nitrogens with zero attached hydrogens (tertiary/aromatic N) is 1. The molecule has 1 aliphatic rings. The molecule has 0 aromatic rings. The van der Waals surface area contributed by atoms with Crippen molar-refractivity contribution < 1.29 is 9.44 Å². The van der Waals surface area contributed by atoms with Crippen molar-refractivity contribution >= 4 is 6.29 Å². The highest BCUT2D eigenvalue weighted by molar-refractivity contribution is 5.50. The molecule has 0 aromatic carbocycles. The number of aldehydes is 1. The summed E-state index contributed by atoms with van der Waals surface area (Å²) in [6, 6.07) is 0.218. The minimum atomic E-state index is -0.358. The van der Waals surface area contributed by atoms with Gasteiger partial charge in [0.2, 0.25) is 0 Å². The van der Waals surface area contributed by atoms with E-state index in [1.807, 2.05) is 0 Å². The van der Waals surface area contributed by atoms with Gasteiger partial charge >= 0.3 is 0 Å². The molecule has 0 N–H and O–H groups in total. The van der Waals surface area contributed by atoms with Gasteiger partial charge in [-0.3, -0.25) is 4.79 Å². The number of rotatable bonds is 3. The molecule has 3 heteroatoms. The molecule has 0 radical (unpaired) electrons. The van der Waals surface area contributed by atoms with E-state index in [1.165, 1.54) is 0 Å². The Kier molecular flexibility index (Phi) is 1.55.